The van der Waals surface area contributed by atoms with Gasteiger partial charge in [0.2, 0.25) is 10.0 Å². The molecule has 0 aliphatic heterocycles. The largest absolute Gasteiger partial charge is 0.506 e. The van der Waals surface area contributed by atoms with Crippen LogP contribution in [0.15, 0.2) is 60.7 Å². The molecular weight excluding hydrogens is 496 g/mol. The molecule has 37 heavy (non-hydrogen) atoms. The summed E-state index contributed by atoms with van der Waals surface area (Å²) >= 11 is 0. The number of aryl methyl sites for hydroxylation is 2. The molecule has 9 nitrogen and oxygen atoms in total. The van der Waals surface area contributed by atoms with Gasteiger partial charge in [-0.15, -0.1) is 0 Å². The number of aliphatic hydroxyl groups is 1. The molecule has 3 rings (SSSR count). The van der Waals surface area contributed by atoms with Gasteiger partial charge < -0.3 is 25.4 Å². The number of aliphatic carboxylic acids is 1. The van der Waals surface area contributed by atoms with Gasteiger partial charge in [0, 0.05) is 19.5 Å². The van der Waals surface area contributed by atoms with Crippen molar-refractivity contribution in [2.75, 3.05) is 30.7 Å². The molecule has 3 aromatic rings. The number of ether oxygens (including phenoxy) is 1. The van der Waals surface area contributed by atoms with E-state index in [9.17, 15) is 23.4 Å². The van der Waals surface area contributed by atoms with Crippen LogP contribution in [0.4, 0.5) is 5.69 Å². The summed E-state index contributed by atoms with van der Waals surface area (Å²) in [5.41, 5.74) is 4.61. The molecule has 0 aromatic heterocycles. The van der Waals surface area contributed by atoms with E-state index in [1.165, 1.54) is 18.2 Å². The van der Waals surface area contributed by atoms with Crippen LogP contribution in [0.25, 0.3) is 11.1 Å². The summed E-state index contributed by atoms with van der Waals surface area (Å²) in [4.78, 5) is 10.7. The lowest BCUT2D eigenvalue weighted by molar-refractivity contribution is -0.136. The maximum atomic E-state index is 11.4. The van der Waals surface area contributed by atoms with Crippen molar-refractivity contribution in [2.24, 2.45) is 0 Å². The van der Waals surface area contributed by atoms with Gasteiger partial charge in [0.1, 0.15) is 18.1 Å². The number of aliphatic hydroxyl groups excluding tert-OH is 1. The fourth-order valence-corrected chi connectivity index (χ4v) is 4.36. The van der Waals surface area contributed by atoms with Gasteiger partial charge in [0.05, 0.1) is 18.0 Å². The van der Waals surface area contributed by atoms with Crippen molar-refractivity contribution in [3.8, 4) is 22.6 Å². The Morgan fingerprint density at radius 3 is 2.43 bits per heavy atom. The van der Waals surface area contributed by atoms with E-state index in [1.807, 2.05) is 49.4 Å². The molecule has 0 spiro atoms. The fraction of sp³-hybridized carbons (Fsp3) is 0.296. The Hall–Kier alpha value is -3.60. The van der Waals surface area contributed by atoms with Crippen molar-refractivity contribution in [2.45, 2.75) is 25.9 Å². The third-order valence-electron chi connectivity index (χ3n) is 5.68. The molecule has 5 N–H and O–H groups in total. The number of sulfonamides is 1. The molecule has 3 aromatic carbocycles. The average molecular weight is 529 g/mol. The number of benzene rings is 3. The van der Waals surface area contributed by atoms with Gasteiger partial charge in [-0.05, 0) is 65.4 Å². The van der Waals surface area contributed by atoms with Crippen LogP contribution in [-0.2, 0) is 21.2 Å². The molecule has 0 heterocycles. The third-order valence-corrected chi connectivity index (χ3v) is 6.27. The number of carbonyl (C=O) groups is 1. The predicted molar refractivity (Wildman–Crippen MR) is 142 cm³/mol. The minimum Gasteiger partial charge on any atom is -0.506 e. The molecule has 10 heteroatoms. The van der Waals surface area contributed by atoms with Crippen LogP contribution in [0.2, 0.25) is 0 Å². The Labute approximate surface area is 216 Å². The zero-order valence-corrected chi connectivity index (χ0v) is 21.6. The second-order valence-electron chi connectivity index (χ2n) is 8.79. The van der Waals surface area contributed by atoms with Crippen molar-refractivity contribution in [3.05, 3.63) is 77.4 Å². The van der Waals surface area contributed by atoms with E-state index in [0.29, 0.717) is 25.1 Å². The monoisotopic (exact) mass is 528 g/mol. The molecule has 1 unspecified atom stereocenters. The lowest BCUT2D eigenvalue weighted by atomic mass is 9.98. The fourth-order valence-electron chi connectivity index (χ4n) is 3.79. The first kappa shape index (κ1) is 28.0. The highest BCUT2D eigenvalue weighted by atomic mass is 32.2. The number of nitrogens with one attached hydrogen (secondary N) is 2. The normalized spacial score (nSPS) is 12.2. The lowest BCUT2D eigenvalue weighted by Crippen LogP contribution is -2.26. The van der Waals surface area contributed by atoms with E-state index in [-0.39, 0.29) is 24.4 Å². The minimum atomic E-state index is -3.56. The average Bonchev–Trinajstić information content (AvgIpc) is 2.83. The van der Waals surface area contributed by atoms with E-state index in [2.05, 4.69) is 10.0 Å². The van der Waals surface area contributed by atoms with Gasteiger partial charge in [-0.1, -0.05) is 36.4 Å². The number of anilines is 1. The SMILES string of the molecule is Cc1cc(OCCNCC(O)c2ccc(O)c(NS(C)(=O)=O)c2)ccc1-c1ccc(CCC(=O)O)cc1. The van der Waals surface area contributed by atoms with Crippen molar-refractivity contribution in [1.29, 1.82) is 0 Å². The highest BCUT2D eigenvalue weighted by Crippen LogP contribution is 2.28. The quantitative estimate of drug-likeness (QED) is 0.168. The van der Waals surface area contributed by atoms with E-state index in [0.717, 1.165) is 34.3 Å². The molecule has 198 valence electrons. The maximum Gasteiger partial charge on any atom is 0.303 e. The van der Waals surface area contributed by atoms with Crippen LogP contribution in [-0.4, -0.2) is 55.7 Å². The number of rotatable bonds is 13. The zero-order chi connectivity index (χ0) is 27.0. The van der Waals surface area contributed by atoms with Crippen LogP contribution in [0.5, 0.6) is 11.5 Å². The number of phenols is 1. The molecule has 1 atom stereocenters. The van der Waals surface area contributed by atoms with Crippen LogP contribution in [0.3, 0.4) is 0 Å². The molecular formula is C27H32N2O7S. The number of hydrogen-bond acceptors (Lipinski definition) is 7. The maximum absolute atomic E-state index is 11.4. The molecule has 0 amide bonds. The molecule has 0 saturated heterocycles. The Morgan fingerprint density at radius 2 is 1.78 bits per heavy atom. The number of carboxylic acid groups (broad SMARTS) is 1. The van der Waals surface area contributed by atoms with Gasteiger partial charge in [0.25, 0.3) is 0 Å². The van der Waals surface area contributed by atoms with Crippen molar-refractivity contribution in [3.63, 3.8) is 0 Å². The summed E-state index contributed by atoms with van der Waals surface area (Å²) in [5.74, 6) is -0.314. The number of aromatic hydroxyl groups is 1. The van der Waals surface area contributed by atoms with Crippen molar-refractivity contribution in [1.82, 2.24) is 5.32 Å². The number of carboxylic acids is 1. The summed E-state index contributed by atoms with van der Waals surface area (Å²) in [6, 6.07) is 18.0. The highest BCUT2D eigenvalue weighted by molar-refractivity contribution is 7.92. The number of phenolic OH excluding ortho intramolecular Hbond substituents is 1. The van der Waals surface area contributed by atoms with Gasteiger partial charge in [-0.2, -0.15) is 0 Å². The topological polar surface area (TPSA) is 145 Å². The summed E-state index contributed by atoms with van der Waals surface area (Å²) < 4.78 is 30.9. The predicted octanol–water partition coefficient (Wildman–Crippen LogP) is 3.46. The van der Waals surface area contributed by atoms with E-state index in [1.54, 1.807) is 0 Å². The molecule has 0 aliphatic carbocycles. The van der Waals surface area contributed by atoms with Crippen LogP contribution in [0.1, 0.15) is 29.2 Å². The van der Waals surface area contributed by atoms with Gasteiger partial charge in [-0.25, -0.2) is 8.42 Å². The molecule has 0 radical (unpaired) electrons. The highest BCUT2D eigenvalue weighted by Gasteiger charge is 2.13. The first-order valence-corrected chi connectivity index (χ1v) is 13.6. The lowest BCUT2D eigenvalue weighted by Gasteiger charge is -2.15. The zero-order valence-electron chi connectivity index (χ0n) is 20.8. The first-order valence-electron chi connectivity index (χ1n) is 11.8. The Morgan fingerprint density at radius 1 is 1.05 bits per heavy atom. The third kappa shape index (κ3) is 8.78. The van der Waals surface area contributed by atoms with Gasteiger partial charge in [0.15, 0.2) is 0 Å². The summed E-state index contributed by atoms with van der Waals surface area (Å²) in [6.45, 7) is 3.06. The second-order valence-corrected chi connectivity index (χ2v) is 10.5. The Balaban J connectivity index is 1.47. The molecule has 0 aliphatic rings. The van der Waals surface area contributed by atoms with E-state index >= 15 is 0 Å². The summed E-state index contributed by atoms with van der Waals surface area (Å²) in [5, 5.41) is 32.2. The Kier molecular flexibility index (Phi) is 9.51. The van der Waals surface area contributed by atoms with Crippen LogP contribution in [0, 0.1) is 6.92 Å². The minimum absolute atomic E-state index is 0.00956. The van der Waals surface area contributed by atoms with Crippen molar-refractivity contribution < 1.29 is 33.3 Å². The van der Waals surface area contributed by atoms with Crippen LogP contribution < -0.4 is 14.8 Å². The second kappa shape index (κ2) is 12.6. The first-order chi connectivity index (χ1) is 17.5. The van der Waals surface area contributed by atoms with Crippen molar-refractivity contribution >= 4 is 21.7 Å². The molecule has 0 fully saturated rings. The van der Waals surface area contributed by atoms with E-state index in [4.69, 9.17) is 9.84 Å². The smallest absolute Gasteiger partial charge is 0.303 e. The molecule has 0 bridgehead atoms. The standard InChI is InChI=1S/C27H32N2O7S/c1-18-15-22(9-10-23(18)20-6-3-19(4-7-20)5-12-27(32)33)36-14-13-28-17-26(31)21-8-11-25(30)24(16-21)29-37(2,34)35/h3-4,6-11,15-16,26,28-31H,5,12-14,17H2,1-2H3,(H,32,33). The Bertz CT molecular complexity index is 1330. The summed E-state index contributed by atoms with van der Waals surface area (Å²) in [6.07, 6.45) is 0.690. The molecule has 0 saturated carbocycles. The summed E-state index contributed by atoms with van der Waals surface area (Å²) in [7, 11) is -3.56. The van der Waals surface area contributed by atoms with Gasteiger partial charge >= 0.3 is 5.97 Å². The van der Waals surface area contributed by atoms with Gasteiger partial charge in [-0.3, -0.25) is 9.52 Å². The number of hydrogen-bond donors (Lipinski definition) is 5. The van der Waals surface area contributed by atoms with Crippen LogP contribution >= 0.6 is 0 Å². The van der Waals surface area contributed by atoms with E-state index < -0.39 is 22.1 Å².